The Morgan fingerprint density at radius 2 is 1.25 bits per heavy atom. The minimum Gasteiger partial charge on any atom is -0.463 e. The number of alkyl halides is 1. The van der Waals surface area contributed by atoms with E-state index in [1.807, 2.05) is 0 Å². The zero-order valence-corrected chi connectivity index (χ0v) is 15.2. The van der Waals surface area contributed by atoms with Gasteiger partial charge in [0.15, 0.2) is 23.3 Å². The number of rotatable bonds is 5. The third kappa shape index (κ3) is 6.08. The van der Waals surface area contributed by atoms with Crippen molar-refractivity contribution in [3.8, 4) is 0 Å². The maximum Gasteiger partial charge on any atom is 0.303 e. The molecule has 0 saturated carbocycles. The lowest BCUT2D eigenvalue weighted by Gasteiger charge is -2.42. The second kappa shape index (κ2) is 8.97. The van der Waals surface area contributed by atoms with Crippen molar-refractivity contribution in [3.63, 3.8) is 0 Å². The van der Waals surface area contributed by atoms with Crippen molar-refractivity contribution in [2.24, 2.45) is 0 Å². The fourth-order valence-electron chi connectivity index (χ4n) is 2.18. The van der Waals surface area contributed by atoms with E-state index in [9.17, 15) is 19.2 Å². The summed E-state index contributed by atoms with van der Waals surface area (Å²) in [5.74, 6) is -2.52. The molecule has 9 nitrogen and oxygen atoms in total. The Hall–Kier alpha value is -1.68. The summed E-state index contributed by atoms with van der Waals surface area (Å²) in [7, 11) is 0. The Balaban J connectivity index is 3.11. The zero-order chi connectivity index (χ0) is 18.4. The first-order chi connectivity index (χ1) is 11.1. The molecular weight excluding hydrogens is 392 g/mol. The van der Waals surface area contributed by atoms with Crippen LogP contribution in [0.5, 0.6) is 0 Å². The molecule has 0 aromatic carbocycles. The third-order valence-corrected chi connectivity index (χ3v) is 3.67. The molecule has 10 heteroatoms. The van der Waals surface area contributed by atoms with Gasteiger partial charge in [0.05, 0.1) is 0 Å². The van der Waals surface area contributed by atoms with Crippen molar-refractivity contribution in [2.45, 2.75) is 57.1 Å². The molecule has 0 N–H and O–H groups in total. The van der Waals surface area contributed by atoms with Crippen molar-refractivity contribution in [1.29, 1.82) is 0 Å². The van der Waals surface area contributed by atoms with E-state index in [4.69, 9.17) is 23.7 Å². The molecule has 0 aromatic rings. The van der Waals surface area contributed by atoms with Gasteiger partial charge in [0.1, 0.15) is 12.7 Å². The molecule has 1 rings (SSSR count). The summed E-state index contributed by atoms with van der Waals surface area (Å²) in [6.45, 7) is 4.47. The Labute approximate surface area is 147 Å². The van der Waals surface area contributed by atoms with Crippen molar-refractivity contribution in [1.82, 2.24) is 0 Å². The van der Waals surface area contributed by atoms with Gasteiger partial charge in [-0.15, -0.1) is 0 Å². The molecule has 1 saturated heterocycles. The molecule has 0 aromatic heterocycles. The highest BCUT2D eigenvalue weighted by atomic mass is 79.9. The number of carbonyl (C=O) groups excluding carboxylic acids is 4. The normalized spacial score (nSPS) is 29.3. The van der Waals surface area contributed by atoms with Crippen LogP contribution in [0.2, 0.25) is 0 Å². The Morgan fingerprint density at radius 3 is 1.71 bits per heavy atom. The average molecular weight is 411 g/mol. The van der Waals surface area contributed by atoms with Crippen molar-refractivity contribution >= 4 is 39.8 Å². The Kier molecular flexibility index (Phi) is 7.61. The summed E-state index contributed by atoms with van der Waals surface area (Å²) in [6.07, 6.45) is -4.22. The van der Waals surface area contributed by atoms with Gasteiger partial charge in [-0.05, 0) is 0 Å². The highest BCUT2D eigenvalue weighted by molar-refractivity contribution is 9.09. The van der Waals surface area contributed by atoms with Crippen LogP contribution in [0.4, 0.5) is 0 Å². The first-order valence-electron chi connectivity index (χ1n) is 7.06. The van der Waals surface area contributed by atoms with Gasteiger partial charge in [-0.25, -0.2) is 0 Å². The third-order valence-electron chi connectivity index (χ3n) is 2.93. The summed E-state index contributed by atoms with van der Waals surface area (Å²) in [6, 6.07) is 0. The fraction of sp³-hybridized carbons (Fsp3) is 0.714. The van der Waals surface area contributed by atoms with Crippen molar-refractivity contribution < 1.29 is 42.9 Å². The monoisotopic (exact) mass is 410 g/mol. The van der Waals surface area contributed by atoms with E-state index in [0.717, 1.165) is 13.8 Å². The highest BCUT2D eigenvalue weighted by Crippen LogP contribution is 2.31. The molecule has 1 aliphatic heterocycles. The first-order valence-corrected chi connectivity index (χ1v) is 7.98. The molecule has 0 bridgehead atoms. The predicted molar refractivity (Wildman–Crippen MR) is 80.9 cm³/mol. The van der Waals surface area contributed by atoms with Gasteiger partial charge >= 0.3 is 23.9 Å². The van der Waals surface area contributed by atoms with E-state index in [1.165, 1.54) is 13.8 Å². The highest BCUT2D eigenvalue weighted by Gasteiger charge is 2.51. The summed E-state index contributed by atoms with van der Waals surface area (Å²) in [4.78, 5) is 45.1. The minimum atomic E-state index is -1.13. The standard InChI is InChI=1S/C14H19BrO9/c1-6(16)20-5-10-11(21-7(2)17)12(22-8(3)18)13(14(15)24-10)23-9(4)19/h10-14H,5H2,1-4H3/t10?,11?,12?,13-,14+/m1/s1. The van der Waals surface area contributed by atoms with E-state index < -0.39 is 53.3 Å². The van der Waals surface area contributed by atoms with Gasteiger partial charge in [-0.1, -0.05) is 15.9 Å². The van der Waals surface area contributed by atoms with Crippen LogP contribution in [-0.2, 0) is 42.9 Å². The molecular formula is C14H19BrO9. The number of esters is 4. The minimum absolute atomic E-state index is 0.236. The lowest BCUT2D eigenvalue weighted by Crippen LogP contribution is -2.60. The van der Waals surface area contributed by atoms with Crippen LogP contribution in [0.1, 0.15) is 27.7 Å². The summed E-state index contributed by atoms with van der Waals surface area (Å²) >= 11 is 3.18. The fourth-order valence-corrected chi connectivity index (χ4v) is 2.86. The van der Waals surface area contributed by atoms with Crippen LogP contribution in [0, 0.1) is 0 Å². The summed E-state index contributed by atoms with van der Waals surface area (Å²) in [5, 5.41) is -0.863. The van der Waals surface area contributed by atoms with Gasteiger partial charge in [0.2, 0.25) is 0 Å². The molecule has 1 aliphatic rings. The topological polar surface area (TPSA) is 114 Å². The maximum absolute atomic E-state index is 11.4. The number of carbonyl (C=O) groups is 4. The Bertz CT molecular complexity index is 506. The number of ether oxygens (including phenoxy) is 5. The summed E-state index contributed by atoms with van der Waals surface area (Å²) in [5.41, 5.74) is 0. The predicted octanol–water partition coefficient (Wildman–Crippen LogP) is 0.464. The van der Waals surface area contributed by atoms with E-state index >= 15 is 0 Å². The van der Waals surface area contributed by atoms with Gasteiger partial charge in [0, 0.05) is 27.7 Å². The number of hydrogen-bond donors (Lipinski definition) is 0. The molecule has 24 heavy (non-hydrogen) atoms. The molecule has 0 amide bonds. The zero-order valence-electron chi connectivity index (χ0n) is 13.6. The smallest absolute Gasteiger partial charge is 0.303 e. The van der Waals surface area contributed by atoms with Crippen LogP contribution in [0.15, 0.2) is 0 Å². The molecule has 1 fully saturated rings. The molecule has 5 atom stereocenters. The molecule has 0 radical (unpaired) electrons. The van der Waals surface area contributed by atoms with Crippen molar-refractivity contribution in [3.05, 3.63) is 0 Å². The molecule has 0 aliphatic carbocycles. The number of hydrogen-bond acceptors (Lipinski definition) is 9. The summed E-state index contributed by atoms with van der Waals surface area (Å²) < 4.78 is 25.9. The lowest BCUT2D eigenvalue weighted by atomic mass is 9.99. The van der Waals surface area contributed by atoms with E-state index in [2.05, 4.69) is 15.9 Å². The van der Waals surface area contributed by atoms with Crippen LogP contribution >= 0.6 is 15.9 Å². The molecule has 3 unspecified atom stereocenters. The van der Waals surface area contributed by atoms with Gasteiger partial charge in [-0.3, -0.25) is 19.2 Å². The van der Waals surface area contributed by atoms with Gasteiger partial charge in [0.25, 0.3) is 0 Å². The number of halogens is 1. The first kappa shape index (κ1) is 20.4. The van der Waals surface area contributed by atoms with E-state index in [-0.39, 0.29) is 6.61 Å². The second-order valence-corrected chi connectivity index (χ2v) is 5.95. The lowest BCUT2D eigenvalue weighted by molar-refractivity contribution is -0.236. The van der Waals surface area contributed by atoms with Gasteiger partial charge in [-0.2, -0.15) is 0 Å². The SMILES string of the molecule is CC(=O)OCC1O[C@H](Br)[C@H](OC(C)=O)C(OC(C)=O)C1OC(C)=O. The van der Waals surface area contributed by atoms with Crippen LogP contribution < -0.4 is 0 Å². The van der Waals surface area contributed by atoms with E-state index in [0.29, 0.717) is 0 Å². The Morgan fingerprint density at radius 1 is 0.792 bits per heavy atom. The van der Waals surface area contributed by atoms with Crippen LogP contribution in [-0.4, -0.2) is 59.9 Å². The van der Waals surface area contributed by atoms with Crippen LogP contribution in [0.3, 0.4) is 0 Å². The van der Waals surface area contributed by atoms with Gasteiger partial charge < -0.3 is 23.7 Å². The van der Waals surface area contributed by atoms with E-state index in [1.54, 1.807) is 0 Å². The molecule has 0 spiro atoms. The van der Waals surface area contributed by atoms with Crippen LogP contribution in [0.25, 0.3) is 0 Å². The largest absolute Gasteiger partial charge is 0.463 e. The maximum atomic E-state index is 11.4. The van der Waals surface area contributed by atoms with Crippen molar-refractivity contribution in [2.75, 3.05) is 6.61 Å². The second-order valence-electron chi connectivity index (χ2n) is 5.05. The quantitative estimate of drug-likeness (QED) is 0.362. The average Bonchev–Trinajstić information content (AvgIpc) is 2.42. The molecule has 1 heterocycles. The molecule has 136 valence electrons.